The third-order valence-corrected chi connectivity index (χ3v) is 4.86. The fourth-order valence-corrected chi connectivity index (χ4v) is 3.19. The van der Waals surface area contributed by atoms with E-state index in [0.717, 1.165) is 40.4 Å². The third-order valence-electron chi connectivity index (χ3n) is 4.11. The van der Waals surface area contributed by atoms with Crippen molar-refractivity contribution in [3.8, 4) is 5.75 Å². The number of anilines is 1. The van der Waals surface area contributed by atoms with Gasteiger partial charge in [0.2, 0.25) is 0 Å². The first kappa shape index (κ1) is 19.2. The molecule has 2 N–H and O–H groups in total. The molecule has 0 fully saturated rings. The molecule has 140 valence electrons. The molecule has 8 heteroatoms. The summed E-state index contributed by atoms with van der Waals surface area (Å²) in [5, 5.41) is 5.98. The summed E-state index contributed by atoms with van der Waals surface area (Å²) in [6, 6.07) is 10.9. The van der Waals surface area contributed by atoms with Gasteiger partial charge >= 0.3 is 0 Å². The van der Waals surface area contributed by atoms with Crippen LogP contribution in [-0.4, -0.2) is 25.9 Å². The van der Waals surface area contributed by atoms with E-state index in [2.05, 4.69) is 19.4 Å². The molecule has 0 aliphatic heterocycles. The summed E-state index contributed by atoms with van der Waals surface area (Å²) < 4.78 is 14.3. The highest BCUT2D eigenvalue weighted by Gasteiger charge is 2.13. The zero-order valence-electron chi connectivity index (χ0n) is 15.3. The molecule has 1 aromatic heterocycles. The van der Waals surface area contributed by atoms with Crippen molar-refractivity contribution in [1.29, 1.82) is 0 Å². The van der Waals surface area contributed by atoms with Crippen LogP contribution in [0.2, 0.25) is 0 Å². The fraction of sp³-hybridized carbons (Fsp3) is 0.263. The van der Waals surface area contributed by atoms with Gasteiger partial charge in [-0.05, 0) is 62.3 Å². The summed E-state index contributed by atoms with van der Waals surface area (Å²) in [6.07, 6.45) is 0.974. The van der Waals surface area contributed by atoms with Crippen LogP contribution >= 0.6 is 23.9 Å². The van der Waals surface area contributed by atoms with Crippen molar-refractivity contribution in [2.75, 3.05) is 5.32 Å². The number of hydrogen-bond donors (Lipinski definition) is 2. The largest absolute Gasteiger partial charge is 0.491 e. The van der Waals surface area contributed by atoms with E-state index in [1.54, 1.807) is 18.2 Å². The molecule has 0 bridgehead atoms. The summed E-state index contributed by atoms with van der Waals surface area (Å²) in [7, 11) is 0. The first-order chi connectivity index (χ1) is 13.0. The molecular formula is C19H20N4O2S2. The minimum atomic E-state index is -0.302. The van der Waals surface area contributed by atoms with E-state index in [-0.39, 0.29) is 17.1 Å². The summed E-state index contributed by atoms with van der Waals surface area (Å²) >= 11 is 6.45. The Hall–Kier alpha value is -2.58. The van der Waals surface area contributed by atoms with Crippen LogP contribution in [0.4, 0.5) is 5.69 Å². The van der Waals surface area contributed by atoms with Crippen molar-refractivity contribution in [3.63, 3.8) is 0 Å². The van der Waals surface area contributed by atoms with Gasteiger partial charge in [0.25, 0.3) is 5.91 Å². The van der Waals surface area contributed by atoms with Crippen LogP contribution in [0.1, 0.15) is 36.2 Å². The number of fused-ring (bicyclic) bond motifs is 1. The summed E-state index contributed by atoms with van der Waals surface area (Å²) in [5.41, 5.74) is 3.72. The quantitative estimate of drug-likeness (QED) is 0.622. The lowest BCUT2D eigenvalue weighted by atomic mass is 10.1. The average Bonchev–Trinajstić information content (AvgIpc) is 3.13. The van der Waals surface area contributed by atoms with Crippen LogP contribution in [0.15, 0.2) is 36.4 Å². The van der Waals surface area contributed by atoms with Crippen molar-refractivity contribution >= 4 is 51.7 Å². The SMILES string of the molecule is CC[C@@H](C)Oc1cccc(C(=O)NC(=S)Nc2c(C)ccc3nsnc23)c1. The maximum Gasteiger partial charge on any atom is 0.257 e. The van der Waals surface area contributed by atoms with Crippen LogP contribution in [-0.2, 0) is 0 Å². The van der Waals surface area contributed by atoms with Crippen LogP contribution in [0.3, 0.4) is 0 Å². The summed E-state index contributed by atoms with van der Waals surface area (Å²) in [5.74, 6) is 0.355. The van der Waals surface area contributed by atoms with E-state index in [4.69, 9.17) is 17.0 Å². The number of nitrogens with zero attached hydrogens (tertiary/aromatic N) is 2. The van der Waals surface area contributed by atoms with E-state index in [1.165, 1.54) is 0 Å². The van der Waals surface area contributed by atoms with Gasteiger partial charge in [-0.1, -0.05) is 19.1 Å². The van der Waals surface area contributed by atoms with Crippen molar-refractivity contribution in [2.24, 2.45) is 0 Å². The topological polar surface area (TPSA) is 76.1 Å². The smallest absolute Gasteiger partial charge is 0.257 e. The molecule has 0 aliphatic carbocycles. The number of carbonyl (C=O) groups is 1. The number of rotatable bonds is 5. The number of aromatic nitrogens is 2. The second-order valence-corrected chi connectivity index (χ2v) is 7.10. The highest BCUT2D eigenvalue weighted by molar-refractivity contribution is 7.80. The zero-order chi connectivity index (χ0) is 19.4. The Morgan fingerprint density at radius 2 is 2.11 bits per heavy atom. The molecule has 3 rings (SSSR count). The van der Waals surface area contributed by atoms with Crippen LogP contribution in [0.5, 0.6) is 5.75 Å². The number of amides is 1. The first-order valence-electron chi connectivity index (χ1n) is 8.59. The fourth-order valence-electron chi connectivity index (χ4n) is 2.46. The molecular weight excluding hydrogens is 380 g/mol. The number of hydrogen-bond acceptors (Lipinski definition) is 6. The molecule has 1 heterocycles. The van der Waals surface area contributed by atoms with Gasteiger partial charge in [0.1, 0.15) is 16.8 Å². The van der Waals surface area contributed by atoms with E-state index >= 15 is 0 Å². The normalized spacial score (nSPS) is 11.8. The number of benzene rings is 2. The first-order valence-corrected chi connectivity index (χ1v) is 9.72. The van der Waals surface area contributed by atoms with Gasteiger partial charge in [-0.25, -0.2) is 0 Å². The van der Waals surface area contributed by atoms with Gasteiger partial charge in [0.05, 0.1) is 23.5 Å². The summed E-state index contributed by atoms with van der Waals surface area (Å²) in [4.78, 5) is 12.5. The number of carbonyl (C=O) groups excluding carboxylic acids is 1. The molecule has 0 aliphatic rings. The molecule has 27 heavy (non-hydrogen) atoms. The van der Waals surface area contributed by atoms with E-state index in [1.807, 2.05) is 39.0 Å². The molecule has 0 saturated carbocycles. The molecule has 0 saturated heterocycles. The lowest BCUT2D eigenvalue weighted by Crippen LogP contribution is -2.34. The van der Waals surface area contributed by atoms with Gasteiger partial charge in [0, 0.05) is 5.56 Å². The van der Waals surface area contributed by atoms with Crippen LogP contribution in [0, 0.1) is 6.92 Å². The Morgan fingerprint density at radius 3 is 2.89 bits per heavy atom. The minimum Gasteiger partial charge on any atom is -0.491 e. The number of nitrogens with one attached hydrogen (secondary N) is 2. The molecule has 0 unspecified atom stereocenters. The molecule has 1 amide bonds. The Labute approximate surface area is 167 Å². The lowest BCUT2D eigenvalue weighted by Gasteiger charge is -2.14. The predicted molar refractivity (Wildman–Crippen MR) is 113 cm³/mol. The lowest BCUT2D eigenvalue weighted by molar-refractivity contribution is 0.0977. The van der Waals surface area contributed by atoms with E-state index in [0.29, 0.717) is 11.3 Å². The molecule has 0 radical (unpaired) electrons. The molecule has 3 aromatic rings. The highest BCUT2D eigenvalue weighted by Crippen LogP contribution is 2.25. The Balaban J connectivity index is 1.71. The number of thiocarbonyl (C=S) groups is 1. The maximum atomic E-state index is 12.5. The molecule has 2 aromatic carbocycles. The minimum absolute atomic E-state index is 0.0845. The van der Waals surface area contributed by atoms with Crippen molar-refractivity contribution < 1.29 is 9.53 Å². The Kier molecular flexibility index (Phi) is 5.98. The Bertz CT molecular complexity index is 987. The van der Waals surface area contributed by atoms with Gasteiger partial charge in [-0.3, -0.25) is 10.1 Å². The van der Waals surface area contributed by atoms with Gasteiger partial charge < -0.3 is 10.1 Å². The van der Waals surface area contributed by atoms with Crippen molar-refractivity contribution in [1.82, 2.24) is 14.1 Å². The zero-order valence-corrected chi connectivity index (χ0v) is 16.9. The second-order valence-electron chi connectivity index (χ2n) is 6.16. The third kappa shape index (κ3) is 4.58. The summed E-state index contributed by atoms with van der Waals surface area (Å²) in [6.45, 7) is 5.98. The second kappa shape index (κ2) is 8.41. The van der Waals surface area contributed by atoms with E-state index < -0.39 is 0 Å². The van der Waals surface area contributed by atoms with Crippen LogP contribution in [0.25, 0.3) is 11.0 Å². The molecule has 1 atom stereocenters. The average molecular weight is 401 g/mol. The van der Waals surface area contributed by atoms with Gasteiger partial charge in [-0.15, -0.1) is 0 Å². The molecule has 0 spiro atoms. The number of ether oxygens (including phenoxy) is 1. The van der Waals surface area contributed by atoms with Gasteiger partial charge in [-0.2, -0.15) is 8.75 Å². The van der Waals surface area contributed by atoms with Crippen molar-refractivity contribution in [2.45, 2.75) is 33.3 Å². The number of aryl methyl sites for hydroxylation is 1. The Morgan fingerprint density at radius 1 is 1.30 bits per heavy atom. The maximum absolute atomic E-state index is 12.5. The van der Waals surface area contributed by atoms with Crippen molar-refractivity contribution in [3.05, 3.63) is 47.5 Å². The van der Waals surface area contributed by atoms with Crippen LogP contribution < -0.4 is 15.4 Å². The van der Waals surface area contributed by atoms with Gasteiger partial charge in [0.15, 0.2) is 5.11 Å². The highest BCUT2D eigenvalue weighted by atomic mass is 32.1. The molecule has 6 nitrogen and oxygen atoms in total. The standard InChI is InChI=1S/C19H20N4O2S2/c1-4-12(3)25-14-7-5-6-13(10-14)18(24)21-19(26)20-16-11(2)8-9-15-17(16)23-27-22-15/h5-10,12H,4H2,1-3H3,(H2,20,21,24,26)/t12-/m1/s1. The van der Waals surface area contributed by atoms with E-state index in [9.17, 15) is 4.79 Å². The monoisotopic (exact) mass is 400 g/mol. The predicted octanol–water partition coefficient (Wildman–Crippen LogP) is 4.30.